The fourth-order valence-electron chi connectivity index (χ4n) is 4.56. The van der Waals surface area contributed by atoms with E-state index >= 15 is 0 Å². The fourth-order valence-corrected chi connectivity index (χ4v) is 4.67. The van der Waals surface area contributed by atoms with E-state index in [4.69, 9.17) is 4.52 Å². The van der Waals surface area contributed by atoms with Gasteiger partial charge in [0.25, 0.3) is 0 Å². The van der Waals surface area contributed by atoms with Crippen LogP contribution >= 0.6 is 9.47 Å². The predicted molar refractivity (Wildman–Crippen MR) is 132 cm³/mol. The number of carbonyl (C=O) groups excluding carboxylic acids is 1. The lowest BCUT2D eigenvalue weighted by molar-refractivity contribution is -0.134. The third kappa shape index (κ3) is 17.3. The molecule has 0 aromatic heterocycles. The topological polar surface area (TPSA) is 26.3 Å². The van der Waals surface area contributed by atoms with Gasteiger partial charge in [-0.15, -0.1) is 0 Å². The molecule has 0 saturated carbocycles. The highest BCUT2D eigenvalue weighted by molar-refractivity contribution is 7.10. The number of carbonyl (C=O) groups is 1. The Morgan fingerprint density at radius 2 is 1.00 bits per heavy atom. The van der Waals surface area contributed by atoms with Gasteiger partial charge in [0.15, 0.2) is 0 Å². The SMILES string of the molecule is CCCCCCCCCCCCCCCCCCC(CC)(CC)CCC(=O)OP. The molecule has 29 heavy (non-hydrogen) atoms. The molecule has 1 unspecified atom stereocenters. The van der Waals surface area contributed by atoms with Crippen LogP contribution in [0.5, 0.6) is 0 Å². The Hall–Kier alpha value is -0.100. The van der Waals surface area contributed by atoms with Crippen molar-refractivity contribution in [3.8, 4) is 0 Å². The highest BCUT2D eigenvalue weighted by atomic mass is 31.0. The van der Waals surface area contributed by atoms with Gasteiger partial charge in [-0.3, -0.25) is 4.79 Å². The first-order chi connectivity index (χ1) is 14.1. The molecule has 0 bridgehead atoms. The number of unbranched alkanes of at least 4 members (excludes halogenated alkanes) is 15. The zero-order valence-electron chi connectivity index (χ0n) is 20.2. The van der Waals surface area contributed by atoms with Gasteiger partial charge >= 0.3 is 5.97 Å². The molecule has 3 heteroatoms. The highest BCUT2D eigenvalue weighted by Gasteiger charge is 2.26. The second-order valence-corrected chi connectivity index (χ2v) is 9.49. The largest absolute Gasteiger partial charge is 0.452 e. The zero-order chi connectivity index (χ0) is 21.6. The van der Waals surface area contributed by atoms with Crippen LogP contribution in [0.25, 0.3) is 0 Å². The molecule has 0 aromatic carbocycles. The van der Waals surface area contributed by atoms with Gasteiger partial charge in [-0.25, -0.2) is 0 Å². The third-order valence-corrected chi connectivity index (χ3v) is 7.31. The first-order valence-electron chi connectivity index (χ1n) is 13.0. The minimum Gasteiger partial charge on any atom is -0.452 e. The normalized spacial score (nSPS) is 11.7. The van der Waals surface area contributed by atoms with Crippen molar-refractivity contribution >= 4 is 15.4 Å². The van der Waals surface area contributed by atoms with E-state index in [0.29, 0.717) is 11.8 Å². The van der Waals surface area contributed by atoms with E-state index in [0.717, 1.165) is 6.42 Å². The monoisotopic (exact) mass is 428 g/mol. The van der Waals surface area contributed by atoms with Gasteiger partial charge in [-0.05, 0) is 18.3 Å². The Bertz CT molecular complexity index is 353. The Morgan fingerprint density at radius 3 is 1.34 bits per heavy atom. The van der Waals surface area contributed by atoms with Crippen LogP contribution in [0.15, 0.2) is 0 Å². The van der Waals surface area contributed by atoms with Crippen LogP contribution < -0.4 is 0 Å². The summed E-state index contributed by atoms with van der Waals surface area (Å²) in [4.78, 5) is 11.5. The molecule has 0 aliphatic heterocycles. The molecule has 0 fully saturated rings. The lowest BCUT2D eigenvalue weighted by Crippen LogP contribution is -2.20. The van der Waals surface area contributed by atoms with Crippen molar-refractivity contribution in [3.05, 3.63) is 0 Å². The van der Waals surface area contributed by atoms with E-state index in [1.54, 1.807) is 0 Å². The quantitative estimate of drug-likeness (QED) is 0.127. The van der Waals surface area contributed by atoms with Gasteiger partial charge in [-0.2, -0.15) is 0 Å². The standard InChI is InChI=1S/C26H53O2P/c1-4-7-8-9-10-11-12-13-14-15-16-17-18-19-20-21-23-26(5-2,6-3)24-22-25(27)28-29/h4-24,29H2,1-3H3. The molecular formula is C26H53O2P. The van der Waals surface area contributed by atoms with Crippen LogP contribution in [0.1, 0.15) is 156 Å². The van der Waals surface area contributed by atoms with Crippen LogP contribution in [-0.2, 0) is 9.32 Å². The second-order valence-electron chi connectivity index (χ2n) is 9.25. The van der Waals surface area contributed by atoms with Crippen molar-refractivity contribution in [2.24, 2.45) is 5.41 Å². The van der Waals surface area contributed by atoms with E-state index in [9.17, 15) is 4.79 Å². The van der Waals surface area contributed by atoms with Crippen molar-refractivity contribution in [3.63, 3.8) is 0 Å². The maximum Gasteiger partial charge on any atom is 0.307 e. The average Bonchev–Trinajstić information content (AvgIpc) is 2.75. The predicted octanol–water partition coefficient (Wildman–Crippen LogP) is 9.56. The maximum absolute atomic E-state index is 11.5. The first kappa shape index (κ1) is 28.9. The summed E-state index contributed by atoms with van der Waals surface area (Å²) in [6, 6.07) is 0. The van der Waals surface area contributed by atoms with Crippen LogP contribution in [0.2, 0.25) is 0 Å². The van der Waals surface area contributed by atoms with Gasteiger partial charge in [0.05, 0.1) is 9.47 Å². The molecule has 0 aliphatic rings. The molecule has 0 heterocycles. The zero-order valence-corrected chi connectivity index (χ0v) is 21.4. The van der Waals surface area contributed by atoms with Crippen molar-refractivity contribution in [1.82, 2.24) is 0 Å². The van der Waals surface area contributed by atoms with Gasteiger partial charge in [0.1, 0.15) is 0 Å². The number of hydrogen-bond donors (Lipinski definition) is 0. The van der Waals surface area contributed by atoms with Crippen LogP contribution in [0, 0.1) is 5.41 Å². The molecule has 0 aromatic rings. The minimum atomic E-state index is -0.0896. The van der Waals surface area contributed by atoms with E-state index in [2.05, 4.69) is 30.2 Å². The Labute approximate surface area is 186 Å². The van der Waals surface area contributed by atoms with Crippen LogP contribution in [0.4, 0.5) is 0 Å². The smallest absolute Gasteiger partial charge is 0.307 e. The summed E-state index contributed by atoms with van der Waals surface area (Å²) in [5, 5.41) is 0. The molecule has 2 nitrogen and oxygen atoms in total. The Kier molecular flexibility index (Phi) is 21.1. The molecule has 0 aliphatic carbocycles. The molecule has 174 valence electrons. The summed E-state index contributed by atoms with van der Waals surface area (Å²) >= 11 is 0. The Balaban J connectivity index is 3.49. The maximum atomic E-state index is 11.5. The van der Waals surface area contributed by atoms with Gasteiger partial charge in [0, 0.05) is 6.42 Å². The van der Waals surface area contributed by atoms with Crippen molar-refractivity contribution < 1.29 is 9.32 Å². The van der Waals surface area contributed by atoms with Crippen molar-refractivity contribution in [2.45, 2.75) is 156 Å². The Morgan fingerprint density at radius 1 is 0.621 bits per heavy atom. The summed E-state index contributed by atoms with van der Waals surface area (Å²) in [5.74, 6) is -0.0896. The molecular weight excluding hydrogens is 375 g/mol. The average molecular weight is 429 g/mol. The second kappa shape index (κ2) is 21.1. The molecule has 1 atom stereocenters. The molecule has 0 amide bonds. The molecule has 0 rings (SSSR count). The third-order valence-electron chi connectivity index (χ3n) is 7.05. The molecule has 0 saturated heterocycles. The lowest BCUT2D eigenvalue weighted by Gasteiger charge is -2.31. The summed E-state index contributed by atoms with van der Waals surface area (Å²) in [5.41, 5.74) is 0.342. The van der Waals surface area contributed by atoms with E-state index in [-0.39, 0.29) is 5.97 Å². The fraction of sp³-hybridized carbons (Fsp3) is 0.962. The van der Waals surface area contributed by atoms with Crippen LogP contribution in [-0.4, -0.2) is 5.97 Å². The highest BCUT2D eigenvalue weighted by Crippen LogP contribution is 2.38. The summed E-state index contributed by atoms with van der Waals surface area (Å²) in [6.45, 7) is 6.85. The van der Waals surface area contributed by atoms with E-state index in [1.165, 1.54) is 122 Å². The minimum absolute atomic E-state index is 0.0896. The first-order valence-corrected chi connectivity index (χ1v) is 13.5. The number of rotatable bonds is 22. The summed E-state index contributed by atoms with van der Waals surface area (Å²) in [7, 11) is 2.08. The van der Waals surface area contributed by atoms with Crippen molar-refractivity contribution in [2.75, 3.05) is 0 Å². The van der Waals surface area contributed by atoms with Crippen molar-refractivity contribution in [1.29, 1.82) is 0 Å². The van der Waals surface area contributed by atoms with Crippen LogP contribution in [0.3, 0.4) is 0 Å². The summed E-state index contributed by atoms with van der Waals surface area (Å²) in [6.07, 6.45) is 27.9. The summed E-state index contributed by atoms with van der Waals surface area (Å²) < 4.78 is 4.75. The molecule has 0 radical (unpaired) electrons. The number of hydrogen-bond acceptors (Lipinski definition) is 2. The van der Waals surface area contributed by atoms with E-state index in [1.807, 2.05) is 0 Å². The molecule has 0 N–H and O–H groups in total. The molecule has 0 spiro atoms. The lowest BCUT2D eigenvalue weighted by atomic mass is 9.74. The van der Waals surface area contributed by atoms with Gasteiger partial charge in [0.2, 0.25) is 0 Å². The van der Waals surface area contributed by atoms with Gasteiger partial charge in [-0.1, -0.05) is 136 Å². The van der Waals surface area contributed by atoms with Gasteiger partial charge < -0.3 is 4.52 Å². The van der Waals surface area contributed by atoms with E-state index < -0.39 is 0 Å².